The Morgan fingerprint density at radius 2 is 1.55 bits per heavy atom. The van der Waals surface area contributed by atoms with Crippen LogP contribution in [0.3, 0.4) is 0 Å². The summed E-state index contributed by atoms with van der Waals surface area (Å²) in [7, 11) is 3.06. The first-order valence-corrected chi connectivity index (χ1v) is 14.8. The molecule has 0 bridgehead atoms. The SMILES string of the molecule is COc1ccc(OC)c(/C=C(\NC(=O)c2ccccc2)C(=O)Nc2ccc(SC(C)C(=O)Nc3cc(C)ccc3C)cc2)c1. The van der Waals surface area contributed by atoms with Crippen molar-refractivity contribution in [3.8, 4) is 11.5 Å². The van der Waals surface area contributed by atoms with Crippen LogP contribution in [0.5, 0.6) is 11.5 Å². The number of carbonyl (C=O) groups is 3. The minimum Gasteiger partial charge on any atom is -0.497 e. The zero-order chi connectivity index (χ0) is 31.6. The smallest absolute Gasteiger partial charge is 0.272 e. The van der Waals surface area contributed by atoms with Crippen molar-refractivity contribution in [3.05, 3.63) is 119 Å². The molecular weight excluding hydrogens is 574 g/mol. The molecule has 44 heavy (non-hydrogen) atoms. The van der Waals surface area contributed by atoms with Gasteiger partial charge in [-0.2, -0.15) is 0 Å². The summed E-state index contributed by atoms with van der Waals surface area (Å²) in [4.78, 5) is 40.2. The largest absolute Gasteiger partial charge is 0.497 e. The predicted molar refractivity (Wildman–Crippen MR) is 176 cm³/mol. The number of benzene rings is 4. The Balaban J connectivity index is 1.49. The van der Waals surface area contributed by atoms with E-state index in [0.717, 1.165) is 21.7 Å². The monoisotopic (exact) mass is 609 g/mol. The first-order valence-electron chi connectivity index (χ1n) is 13.9. The van der Waals surface area contributed by atoms with Crippen LogP contribution < -0.4 is 25.4 Å². The fourth-order valence-electron chi connectivity index (χ4n) is 4.23. The van der Waals surface area contributed by atoms with Crippen molar-refractivity contribution >= 4 is 46.9 Å². The standard InChI is InChI=1S/C35H35N3O5S/c1-22-11-12-23(2)30(19-22)37-33(39)24(3)44-29-16-13-27(14-17-29)36-35(41)31(38-34(40)25-9-7-6-8-10-25)21-26-20-28(42-4)15-18-32(26)43-5/h6-21,24H,1-5H3,(H,36,41)(H,37,39)(H,38,40)/b31-21-. The van der Waals surface area contributed by atoms with Crippen molar-refractivity contribution in [2.75, 3.05) is 24.9 Å². The number of amides is 3. The first kappa shape index (κ1) is 31.9. The molecule has 0 heterocycles. The first-order chi connectivity index (χ1) is 21.2. The van der Waals surface area contributed by atoms with E-state index in [2.05, 4.69) is 16.0 Å². The van der Waals surface area contributed by atoms with Gasteiger partial charge in [0.2, 0.25) is 5.91 Å². The van der Waals surface area contributed by atoms with Gasteiger partial charge in [-0.05, 0) is 98.6 Å². The van der Waals surface area contributed by atoms with E-state index in [4.69, 9.17) is 9.47 Å². The Labute approximate surface area is 261 Å². The third-order valence-electron chi connectivity index (χ3n) is 6.71. The molecule has 0 aliphatic rings. The van der Waals surface area contributed by atoms with Crippen LogP contribution in [0.2, 0.25) is 0 Å². The second-order valence-corrected chi connectivity index (χ2v) is 11.4. The second-order valence-electron chi connectivity index (χ2n) is 10.0. The summed E-state index contributed by atoms with van der Waals surface area (Å²) in [5, 5.41) is 8.24. The molecule has 4 aromatic rings. The lowest BCUT2D eigenvalue weighted by Crippen LogP contribution is -2.30. The minimum atomic E-state index is -0.527. The highest BCUT2D eigenvalue weighted by atomic mass is 32.2. The number of ether oxygens (including phenoxy) is 2. The third kappa shape index (κ3) is 8.52. The molecule has 4 aromatic carbocycles. The molecule has 3 amide bonds. The maximum atomic E-state index is 13.5. The fourth-order valence-corrected chi connectivity index (χ4v) is 5.10. The molecule has 1 unspecified atom stereocenters. The van der Waals surface area contributed by atoms with Gasteiger partial charge in [0.05, 0.1) is 19.5 Å². The highest BCUT2D eigenvalue weighted by molar-refractivity contribution is 8.00. The van der Waals surface area contributed by atoms with Crippen LogP contribution in [0.25, 0.3) is 6.08 Å². The van der Waals surface area contributed by atoms with Gasteiger partial charge >= 0.3 is 0 Å². The average molecular weight is 610 g/mol. The van der Waals surface area contributed by atoms with Crippen molar-refractivity contribution in [3.63, 3.8) is 0 Å². The maximum Gasteiger partial charge on any atom is 0.272 e. The zero-order valence-electron chi connectivity index (χ0n) is 25.3. The minimum absolute atomic E-state index is 0.0144. The van der Waals surface area contributed by atoms with Gasteiger partial charge in [-0.25, -0.2) is 0 Å². The summed E-state index contributed by atoms with van der Waals surface area (Å²) in [5.41, 5.74) is 4.36. The van der Waals surface area contributed by atoms with E-state index in [1.54, 1.807) is 61.7 Å². The van der Waals surface area contributed by atoms with Crippen LogP contribution >= 0.6 is 11.8 Å². The molecule has 3 N–H and O–H groups in total. The summed E-state index contributed by atoms with van der Waals surface area (Å²) in [6.45, 7) is 5.79. The van der Waals surface area contributed by atoms with Crippen LogP contribution in [0, 0.1) is 13.8 Å². The molecule has 0 aliphatic heterocycles. The van der Waals surface area contributed by atoms with E-state index in [1.165, 1.54) is 24.9 Å². The van der Waals surface area contributed by atoms with Gasteiger partial charge in [-0.15, -0.1) is 11.8 Å². The van der Waals surface area contributed by atoms with E-state index in [0.29, 0.717) is 28.3 Å². The van der Waals surface area contributed by atoms with Crippen LogP contribution in [-0.2, 0) is 9.59 Å². The molecule has 4 rings (SSSR count). The van der Waals surface area contributed by atoms with Crippen molar-refractivity contribution < 1.29 is 23.9 Å². The fraction of sp³-hybridized carbons (Fsp3) is 0.171. The number of rotatable bonds is 11. The molecule has 0 aliphatic carbocycles. The Bertz CT molecular complexity index is 1670. The molecule has 0 spiro atoms. The van der Waals surface area contributed by atoms with E-state index >= 15 is 0 Å². The predicted octanol–water partition coefficient (Wildman–Crippen LogP) is 6.85. The van der Waals surface area contributed by atoms with Crippen molar-refractivity contribution in [2.45, 2.75) is 30.9 Å². The molecule has 0 saturated carbocycles. The zero-order valence-corrected chi connectivity index (χ0v) is 26.1. The molecule has 1 atom stereocenters. The Morgan fingerprint density at radius 3 is 2.23 bits per heavy atom. The van der Waals surface area contributed by atoms with Gasteiger partial charge < -0.3 is 25.4 Å². The Hall–Kier alpha value is -5.02. The lowest BCUT2D eigenvalue weighted by Gasteiger charge is -2.15. The molecule has 0 saturated heterocycles. The molecular formula is C35H35N3O5S. The molecule has 226 valence electrons. The molecule has 0 fully saturated rings. The van der Waals surface area contributed by atoms with Crippen molar-refractivity contribution in [2.24, 2.45) is 0 Å². The number of anilines is 2. The van der Waals surface area contributed by atoms with Crippen LogP contribution in [-0.4, -0.2) is 37.2 Å². The molecule has 8 nitrogen and oxygen atoms in total. The second kappa shape index (κ2) is 14.9. The van der Waals surface area contributed by atoms with E-state index < -0.39 is 11.8 Å². The van der Waals surface area contributed by atoms with Gasteiger partial charge in [-0.3, -0.25) is 14.4 Å². The highest BCUT2D eigenvalue weighted by Gasteiger charge is 2.18. The van der Waals surface area contributed by atoms with Gasteiger partial charge in [-0.1, -0.05) is 30.3 Å². The summed E-state index contributed by atoms with van der Waals surface area (Å²) < 4.78 is 10.8. The number of aryl methyl sites for hydroxylation is 2. The number of methoxy groups -OCH3 is 2. The Morgan fingerprint density at radius 1 is 0.818 bits per heavy atom. The molecule has 0 radical (unpaired) electrons. The van der Waals surface area contributed by atoms with Crippen LogP contribution in [0.4, 0.5) is 11.4 Å². The van der Waals surface area contributed by atoms with Crippen molar-refractivity contribution in [1.82, 2.24) is 5.32 Å². The third-order valence-corrected chi connectivity index (χ3v) is 7.82. The van der Waals surface area contributed by atoms with Gasteiger partial charge in [0.25, 0.3) is 11.8 Å². The maximum absolute atomic E-state index is 13.5. The number of nitrogens with one attached hydrogen (secondary N) is 3. The van der Waals surface area contributed by atoms with Crippen LogP contribution in [0.15, 0.2) is 102 Å². The van der Waals surface area contributed by atoms with E-state index in [9.17, 15) is 14.4 Å². The number of hydrogen-bond acceptors (Lipinski definition) is 6. The number of hydrogen-bond donors (Lipinski definition) is 3. The topological polar surface area (TPSA) is 106 Å². The summed E-state index contributed by atoms with van der Waals surface area (Å²) >= 11 is 1.41. The number of thioether (sulfide) groups is 1. The van der Waals surface area contributed by atoms with Crippen LogP contribution in [0.1, 0.15) is 34.0 Å². The number of carbonyl (C=O) groups excluding carboxylic acids is 3. The molecule has 9 heteroatoms. The van der Waals surface area contributed by atoms with E-state index in [1.807, 2.05) is 57.2 Å². The summed E-state index contributed by atoms with van der Waals surface area (Å²) in [6.07, 6.45) is 1.54. The van der Waals surface area contributed by atoms with Gasteiger partial charge in [0, 0.05) is 27.4 Å². The summed E-state index contributed by atoms with van der Waals surface area (Å²) in [5.74, 6) is 0.00547. The Kier molecular flexibility index (Phi) is 10.8. The van der Waals surface area contributed by atoms with Crippen molar-refractivity contribution in [1.29, 1.82) is 0 Å². The summed E-state index contributed by atoms with van der Waals surface area (Å²) in [6, 6.07) is 26.9. The molecule has 0 aromatic heterocycles. The highest BCUT2D eigenvalue weighted by Crippen LogP contribution is 2.28. The van der Waals surface area contributed by atoms with E-state index in [-0.39, 0.29) is 16.9 Å². The lowest BCUT2D eigenvalue weighted by atomic mass is 10.1. The normalized spacial score (nSPS) is 11.7. The van der Waals surface area contributed by atoms with Gasteiger partial charge in [0.15, 0.2) is 0 Å². The van der Waals surface area contributed by atoms with Gasteiger partial charge in [0.1, 0.15) is 17.2 Å². The lowest BCUT2D eigenvalue weighted by molar-refractivity contribution is -0.115. The quantitative estimate of drug-likeness (QED) is 0.127. The average Bonchev–Trinajstić information content (AvgIpc) is 3.03.